The van der Waals surface area contributed by atoms with Crippen LogP contribution in [0.5, 0.6) is 0 Å². The predicted octanol–water partition coefficient (Wildman–Crippen LogP) is 2.60. The van der Waals surface area contributed by atoms with Crippen LogP contribution in [0.3, 0.4) is 0 Å². The SMILES string of the molecule is OC(Cc1ccc(F)c(F)c1)C(O)c1ccccc1. The Morgan fingerprint density at radius 2 is 1.58 bits per heavy atom. The molecule has 0 aliphatic rings. The van der Waals surface area contributed by atoms with Crippen molar-refractivity contribution in [1.29, 1.82) is 0 Å². The molecule has 0 aliphatic heterocycles. The lowest BCUT2D eigenvalue weighted by Crippen LogP contribution is -2.20. The maximum atomic E-state index is 13.0. The van der Waals surface area contributed by atoms with E-state index in [1.54, 1.807) is 30.3 Å². The smallest absolute Gasteiger partial charge is 0.159 e. The maximum absolute atomic E-state index is 13.0. The topological polar surface area (TPSA) is 40.5 Å². The molecular weight excluding hydrogens is 250 g/mol. The van der Waals surface area contributed by atoms with Crippen LogP contribution in [0.1, 0.15) is 17.2 Å². The molecule has 0 aromatic heterocycles. The van der Waals surface area contributed by atoms with E-state index in [1.807, 2.05) is 0 Å². The average Bonchev–Trinajstić information content (AvgIpc) is 2.43. The molecule has 2 atom stereocenters. The third-order valence-corrected chi connectivity index (χ3v) is 2.93. The fourth-order valence-electron chi connectivity index (χ4n) is 1.89. The molecule has 4 heteroatoms. The van der Waals surface area contributed by atoms with Gasteiger partial charge in [-0.1, -0.05) is 36.4 Å². The Bertz CT molecular complexity index is 543. The number of halogens is 2. The van der Waals surface area contributed by atoms with Gasteiger partial charge in [0.05, 0.1) is 6.10 Å². The molecule has 0 amide bonds. The lowest BCUT2D eigenvalue weighted by atomic mass is 9.98. The molecule has 0 heterocycles. The molecule has 2 nitrogen and oxygen atoms in total. The van der Waals surface area contributed by atoms with Gasteiger partial charge in [0.15, 0.2) is 11.6 Å². The highest BCUT2D eigenvalue weighted by Crippen LogP contribution is 2.20. The second-order valence-corrected chi connectivity index (χ2v) is 4.38. The van der Waals surface area contributed by atoms with Crippen molar-refractivity contribution >= 4 is 0 Å². The van der Waals surface area contributed by atoms with Crippen molar-refractivity contribution in [1.82, 2.24) is 0 Å². The largest absolute Gasteiger partial charge is 0.390 e. The van der Waals surface area contributed by atoms with Gasteiger partial charge in [0.2, 0.25) is 0 Å². The van der Waals surface area contributed by atoms with Crippen molar-refractivity contribution < 1.29 is 19.0 Å². The van der Waals surface area contributed by atoms with Crippen LogP contribution < -0.4 is 0 Å². The van der Waals surface area contributed by atoms with E-state index >= 15 is 0 Å². The van der Waals surface area contributed by atoms with Gasteiger partial charge in [0.1, 0.15) is 6.10 Å². The Morgan fingerprint density at radius 3 is 2.21 bits per heavy atom. The van der Waals surface area contributed by atoms with E-state index in [4.69, 9.17) is 0 Å². The zero-order valence-electron chi connectivity index (χ0n) is 10.1. The summed E-state index contributed by atoms with van der Waals surface area (Å²) in [6.07, 6.45) is -2.09. The van der Waals surface area contributed by atoms with Crippen LogP contribution in [0.15, 0.2) is 48.5 Å². The van der Waals surface area contributed by atoms with Gasteiger partial charge in [-0.05, 0) is 23.3 Å². The van der Waals surface area contributed by atoms with Gasteiger partial charge in [0, 0.05) is 6.42 Å². The van der Waals surface area contributed by atoms with E-state index in [-0.39, 0.29) is 6.42 Å². The van der Waals surface area contributed by atoms with Gasteiger partial charge in [-0.2, -0.15) is 0 Å². The first kappa shape index (κ1) is 13.6. The number of hydrogen-bond donors (Lipinski definition) is 2. The predicted molar refractivity (Wildman–Crippen MR) is 67.5 cm³/mol. The van der Waals surface area contributed by atoms with E-state index in [0.29, 0.717) is 11.1 Å². The molecule has 100 valence electrons. The lowest BCUT2D eigenvalue weighted by molar-refractivity contribution is 0.0189. The van der Waals surface area contributed by atoms with Crippen molar-refractivity contribution in [3.05, 3.63) is 71.3 Å². The fraction of sp³-hybridized carbons (Fsp3) is 0.200. The maximum Gasteiger partial charge on any atom is 0.159 e. The summed E-state index contributed by atoms with van der Waals surface area (Å²) in [5.74, 6) is -1.89. The van der Waals surface area contributed by atoms with Gasteiger partial charge >= 0.3 is 0 Å². The van der Waals surface area contributed by atoms with E-state index in [9.17, 15) is 19.0 Å². The molecule has 0 radical (unpaired) electrons. The molecule has 0 bridgehead atoms. The summed E-state index contributed by atoms with van der Waals surface area (Å²) in [6.45, 7) is 0. The van der Waals surface area contributed by atoms with Crippen LogP contribution in [0.25, 0.3) is 0 Å². The number of hydrogen-bond acceptors (Lipinski definition) is 2. The summed E-state index contributed by atoms with van der Waals surface area (Å²) in [6, 6.07) is 12.1. The first-order valence-electron chi connectivity index (χ1n) is 5.93. The van der Waals surface area contributed by atoms with E-state index in [2.05, 4.69) is 0 Å². The van der Waals surface area contributed by atoms with Crippen LogP contribution in [-0.2, 0) is 6.42 Å². The summed E-state index contributed by atoms with van der Waals surface area (Å²) in [7, 11) is 0. The molecule has 2 aromatic rings. The Morgan fingerprint density at radius 1 is 0.895 bits per heavy atom. The first-order valence-corrected chi connectivity index (χ1v) is 5.93. The lowest BCUT2D eigenvalue weighted by Gasteiger charge is -2.18. The molecule has 19 heavy (non-hydrogen) atoms. The quantitative estimate of drug-likeness (QED) is 0.891. The average molecular weight is 264 g/mol. The highest BCUT2D eigenvalue weighted by Gasteiger charge is 2.19. The summed E-state index contributed by atoms with van der Waals surface area (Å²) < 4.78 is 25.8. The molecule has 2 unspecified atom stereocenters. The van der Waals surface area contributed by atoms with E-state index < -0.39 is 23.8 Å². The zero-order valence-corrected chi connectivity index (χ0v) is 10.1. The normalized spacial score (nSPS) is 14.1. The molecule has 0 aliphatic carbocycles. The number of aliphatic hydroxyl groups is 2. The van der Waals surface area contributed by atoms with Crippen molar-refractivity contribution in [2.24, 2.45) is 0 Å². The van der Waals surface area contributed by atoms with Crippen molar-refractivity contribution in [3.8, 4) is 0 Å². The first-order chi connectivity index (χ1) is 9.08. The Hall–Kier alpha value is -1.78. The molecule has 0 saturated heterocycles. The minimum atomic E-state index is -1.08. The minimum Gasteiger partial charge on any atom is -0.390 e. The number of aliphatic hydroxyl groups excluding tert-OH is 2. The van der Waals surface area contributed by atoms with Crippen LogP contribution in [0, 0.1) is 11.6 Å². The van der Waals surface area contributed by atoms with Gasteiger partial charge in [0.25, 0.3) is 0 Å². The third kappa shape index (κ3) is 3.36. The standard InChI is InChI=1S/C15H14F2O2/c16-12-7-6-10(8-13(12)17)9-14(18)15(19)11-4-2-1-3-5-11/h1-8,14-15,18-19H,9H2. The van der Waals surface area contributed by atoms with E-state index in [0.717, 1.165) is 12.1 Å². The monoisotopic (exact) mass is 264 g/mol. The van der Waals surface area contributed by atoms with Crippen molar-refractivity contribution in [3.63, 3.8) is 0 Å². The Labute approximate surface area is 110 Å². The van der Waals surface area contributed by atoms with Crippen LogP contribution >= 0.6 is 0 Å². The molecule has 0 spiro atoms. The number of rotatable bonds is 4. The summed E-state index contributed by atoms with van der Waals surface area (Å²) >= 11 is 0. The molecular formula is C15H14F2O2. The van der Waals surface area contributed by atoms with Crippen LogP contribution in [0.2, 0.25) is 0 Å². The molecule has 0 fully saturated rings. The van der Waals surface area contributed by atoms with Gasteiger partial charge < -0.3 is 10.2 Å². The molecule has 2 rings (SSSR count). The van der Waals surface area contributed by atoms with E-state index in [1.165, 1.54) is 6.07 Å². The second-order valence-electron chi connectivity index (χ2n) is 4.38. The Balaban J connectivity index is 2.08. The summed E-state index contributed by atoms with van der Waals surface area (Å²) in [4.78, 5) is 0. The summed E-state index contributed by atoms with van der Waals surface area (Å²) in [5, 5.41) is 19.9. The fourth-order valence-corrected chi connectivity index (χ4v) is 1.89. The number of benzene rings is 2. The molecule has 0 saturated carbocycles. The van der Waals surface area contributed by atoms with Crippen molar-refractivity contribution in [2.75, 3.05) is 0 Å². The molecule has 2 N–H and O–H groups in total. The minimum absolute atomic E-state index is 0.0489. The van der Waals surface area contributed by atoms with Crippen LogP contribution in [0.4, 0.5) is 8.78 Å². The third-order valence-electron chi connectivity index (χ3n) is 2.93. The van der Waals surface area contributed by atoms with Gasteiger partial charge in [-0.3, -0.25) is 0 Å². The van der Waals surface area contributed by atoms with Crippen molar-refractivity contribution in [2.45, 2.75) is 18.6 Å². The molecule has 2 aromatic carbocycles. The highest BCUT2D eigenvalue weighted by molar-refractivity contribution is 5.22. The Kier molecular flexibility index (Phi) is 4.24. The second kappa shape index (κ2) is 5.91. The van der Waals surface area contributed by atoms with Gasteiger partial charge in [-0.25, -0.2) is 8.78 Å². The summed E-state index contributed by atoms with van der Waals surface area (Å²) in [5.41, 5.74) is 1.01. The van der Waals surface area contributed by atoms with Gasteiger partial charge in [-0.15, -0.1) is 0 Å². The zero-order chi connectivity index (χ0) is 13.8. The highest BCUT2D eigenvalue weighted by atomic mass is 19.2. The van der Waals surface area contributed by atoms with Crippen LogP contribution in [-0.4, -0.2) is 16.3 Å².